The first kappa shape index (κ1) is 16.2. The normalized spacial score (nSPS) is 18.8. The number of rotatable bonds is 7. The lowest BCUT2D eigenvalue weighted by atomic mass is 10.1. The van der Waals surface area contributed by atoms with E-state index >= 15 is 0 Å². The summed E-state index contributed by atoms with van der Waals surface area (Å²) in [4.78, 5) is 9.34. The van der Waals surface area contributed by atoms with Crippen molar-refractivity contribution in [1.29, 1.82) is 0 Å². The minimum atomic E-state index is 0.799. The molecule has 1 aliphatic heterocycles. The minimum Gasteiger partial charge on any atom is -0.334 e. The number of nitrogens with zero attached hydrogens (tertiary/aromatic N) is 4. The van der Waals surface area contributed by atoms with Crippen molar-refractivity contribution in [3.63, 3.8) is 0 Å². The van der Waals surface area contributed by atoms with Crippen LogP contribution in [0.4, 0.5) is 0 Å². The zero-order valence-corrected chi connectivity index (χ0v) is 14.4. The van der Waals surface area contributed by atoms with E-state index in [-0.39, 0.29) is 0 Å². The fraction of sp³-hybridized carbons (Fsp3) is 0.526. The van der Waals surface area contributed by atoms with Gasteiger partial charge in [0.1, 0.15) is 5.82 Å². The summed E-state index contributed by atoms with van der Waals surface area (Å²) in [5.41, 5.74) is 1.43. The average Bonchev–Trinajstić information content (AvgIpc) is 3.15. The monoisotopic (exact) mass is 312 g/mol. The van der Waals surface area contributed by atoms with Crippen molar-refractivity contribution in [2.75, 3.05) is 33.2 Å². The highest BCUT2D eigenvalue weighted by atomic mass is 15.2. The second-order valence-corrected chi connectivity index (χ2v) is 6.81. The molecule has 1 fully saturated rings. The van der Waals surface area contributed by atoms with Crippen LogP contribution in [0.3, 0.4) is 0 Å². The van der Waals surface area contributed by atoms with Crippen LogP contribution in [0.1, 0.15) is 17.8 Å². The van der Waals surface area contributed by atoms with Crippen LogP contribution in [0, 0.1) is 12.8 Å². The summed E-state index contributed by atoms with van der Waals surface area (Å²) in [6.45, 7) is 8.93. The van der Waals surface area contributed by atoms with Crippen molar-refractivity contribution >= 4 is 0 Å². The van der Waals surface area contributed by atoms with E-state index in [1.165, 1.54) is 31.6 Å². The molecular formula is C19H28N4. The van der Waals surface area contributed by atoms with Gasteiger partial charge in [-0.15, -0.1) is 0 Å². The number of aromatic nitrogens is 2. The fourth-order valence-corrected chi connectivity index (χ4v) is 3.50. The Morgan fingerprint density at radius 2 is 2.09 bits per heavy atom. The zero-order valence-electron chi connectivity index (χ0n) is 14.4. The number of hydrogen-bond acceptors (Lipinski definition) is 3. The second kappa shape index (κ2) is 7.75. The van der Waals surface area contributed by atoms with Gasteiger partial charge in [0, 0.05) is 45.1 Å². The number of likely N-dealkylation sites (N-methyl/N-ethyl adjacent to an activating group) is 1. The molecule has 1 atom stereocenters. The van der Waals surface area contributed by atoms with E-state index < -0.39 is 0 Å². The van der Waals surface area contributed by atoms with Crippen LogP contribution < -0.4 is 0 Å². The van der Waals surface area contributed by atoms with Crippen LogP contribution in [0.25, 0.3) is 0 Å². The molecule has 124 valence electrons. The SMILES string of the molecule is Cc1nccn1CCN(C)CC1CCN(Cc2ccccc2)C1. The molecule has 0 spiro atoms. The number of benzene rings is 1. The molecule has 3 rings (SSSR count). The van der Waals surface area contributed by atoms with E-state index in [0.29, 0.717) is 0 Å². The highest BCUT2D eigenvalue weighted by molar-refractivity contribution is 5.14. The Morgan fingerprint density at radius 3 is 2.83 bits per heavy atom. The van der Waals surface area contributed by atoms with Gasteiger partial charge in [-0.25, -0.2) is 4.98 Å². The van der Waals surface area contributed by atoms with E-state index in [1.54, 1.807) is 0 Å². The lowest BCUT2D eigenvalue weighted by Gasteiger charge is -2.22. The first-order valence-electron chi connectivity index (χ1n) is 8.63. The standard InChI is InChI=1S/C19H28N4/c1-17-20-9-11-23(17)13-12-21(2)14-19-8-10-22(16-19)15-18-6-4-3-5-7-18/h3-7,9,11,19H,8,10,12-16H2,1-2H3. The van der Waals surface area contributed by atoms with E-state index in [4.69, 9.17) is 0 Å². The molecule has 23 heavy (non-hydrogen) atoms. The van der Waals surface area contributed by atoms with Crippen LogP contribution in [-0.4, -0.2) is 52.6 Å². The Hall–Kier alpha value is -1.65. The fourth-order valence-electron chi connectivity index (χ4n) is 3.50. The second-order valence-electron chi connectivity index (χ2n) is 6.81. The van der Waals surface area contributed by atoms with Gasteiger partial charge in [-0.1, -0.05) is 30.3 Å². The van der Waals surface area contributed by atoms with Gasteiger partial charge in [0.2, 0.25) is 0 Å². The average molecular weight is 312 g/mol. The molecule has 0 N–H and O–H groups in total. The summed E-state index contributed by atoms with van der Waals surface area (Å²) >= 11 is 0. The molecular weight excluding hydrogens is 284 g/mol. The minimum absolute atomic E-state index is 0.799. The molecule has 1 saturated heterocycles. The topological polar surface area (TPSA) is 24.3 Å². The van der Waals surface area contributed by atoms with Crippen LogP contribution in [0.15, 0.2) is 42.7 Å². The van der Waals surface area contributed by atoms with Crippen molar-refractivity contribution in [3.05, 3.63) is 54.1 Å². The Morgan fingerprint density at radius 1 is 1.26 bits per heavy atom. The van der Waals surface area contributed by atoms with Crippen molar-refractivity contribution in [2.24, 2.45) is 5.92 Å². The number of hydrogen-bond donors (Lipinski definition) is 0. The number of aryl methyl sites for hydroxylation is 1. The van der Waals surface area contributed by atoms with Gasteiger partial charge in [0.15, 0.2) is 0 Å². The van der Waals surface area contributed by atoms with Crippen LogP contribution >= 0.6 is 0 Å². The van der Waals surface area contributed by atoms with Gasteiger partial charge in [-0.2, -0.15) is 0 Å². The summed E-state index contributed by atoms with van der Waals surface area (Å²) in [6, 6.07) is 10.8. The smallest absolute Gasteiger partial charge is 0.105 e. The molecule has 1 aliphatic rings. The van der Waals surface area contributed by atoms with E-state index in [9.17, 15) is 0 Å². The van der Waals surface area contributed by atoms with Gasteiger partial charge in [-0.05, 0) is 38.4 Å². The molecule has 0 saturated carbocycles. The van der Waals surface area contributed by atoms with Gasteiger partial charge in [0.25, 0.3) is 0 Å². The molecule has 2 aromatic rings. The maximum atomic E-state index is 4.29. The van der Waals surface area contributed by atoms with E-state index in [1.807, 2.05) is 6.20 Å². The molecule has 0 amide bonds. The predicted molar refractivity (Wildman–Crippen MR) is 94.3 cm³/mol. The summed E-state index contributed by atoms with van der Waals surface area (Å²) in [7, 11) is 2.24. The maximum Gasteiger partial charge on any atom is 0.105 e. The highest BCUT2D eigenvalue weighted by Crippen LogP contribution is 2.19. The predicted octanol–water partition coefficient (Wildman–Crippen LogP) is 2.65. The third-order valence-electron chi connectivity index (χ3n) is 4.84. The Labute approximate surface area is 139 Å². The molecule has 4 nitrogen and oxygen atoms in total. The van der Waals surface area contributed by atoms with Crippen molar-refractivity contribution < 1.29 is 0 Å². The Balaban J connectivity index is 1.40. The maximum absolute atomic E-state index is 4.29. The Bertz CT molecular complexity index is 592. The van der Waals surface area contributed by atoms with Crippen molar-refractivity contribution in [1.82, 2.24) is 19.4 Å². The lowest BCUT2D eigenvalue weighted by Crippen LogP contribution is -2.30. The number of likely N-dealkylation sites (tertiary alicyclic amines) is 1. The summed E-state index contributed by atoms with van der Waals surface area (Å²) in [5.74, 6) is 1.90. The van der Waals surface area contributed by atoms with E-state index in [2.05, 4.69) is 69.9 Å². The molecule has 1 aromatic carbocycles. The van der Waals surface area contributed by atoms with Crippen LogP contribution in [0.5, 0.6) is 0 Å². The molecule has 4 heteroatoms. The number of imidazole rings is 1. The third-order valence-corrected chi connectivity index (χ3v) is 4.84. The summed E-state index contributed by atoms with van der Waals surface area (Å²) in [5, 5.41) is 0. The first-order chi connectivity index (χ1) is 11.2. The Kier molecular flexibility index (Phi) is 5.47. The zero-order chi connectivity index (χ0) is 16.1. The van der Waals surface area contributed by atoms with Crippen LogP contribution in [0.2, 0.25) is 0 Å². The highest BCUT2D eigenvalue weighted by Gasteiger charge is 2.23. The van der Waals surface area contributed by atoms with Gasteiger partial charge >= 0.3 is 0 Å². The molecule has 0 radical (unpaired) electrons. The first-order valence-corrected chi connectivity index (χ1v) is 8.63. The molecule has 2 heterocycles. The molecule has 0 bridgehead atoms. The van der Waals surface area contributed by atoms with Crippen molar-refractivity contribution in [2.45, 2.75) is 26.4 Å². The quantitative estimate of drug-likeness (QED) is 0.785. The van der Waals surface area contributed by atoms with Gasteiger partial charge < -0.3 is 9.47 Å². The van der Waals surface area contributed by atoms with Crippen LogP contribution in [-0.2, 0) is 13.1 Å². The summed E-state index contributed by atoms with van der Waals surface area (Å²) < 4.78 is 2.23. The van der Waals surface area contributed by atoms with E-state index in [0.717, 1.165) is 31.4 Å². The molecule has 0 aliphatic carbocycles. The van der Waals surface area contributed by atoms with Gasteiger partial charge in [0.05, 0.1) is 0 Å². The molecule has 1 aromatic heterocycles. The lowest BCUT2D eigenvalue weighted by molar-refractivity contribution is 0.253. The largest absolute Gasteiger partial charge is 0.334 e. The van der Waals surface area contributed by atoms with Crippen molar-refractivity contribution in [3.8, 4) is 0 Å². The van der Waals surface area contributed by atoms with Gasteiger partial charge in [-0.3, -0.25) is 4.90 Å². The summed E-state index contributed by atoms with van der Waals surface area (Å²) in [6.07, 6.45) is 5.27. The molecule has 1 unspecified atom stereocenters. The third kappa shape index (κ3) is 4.66.